The number of Topliss-reactive ketones (excluding diaryl/α,β-unsaturated/α-hetero) is 1. The minimum Gasteiger partial charge on any atom is -0.507 e. The van der Waals surface area contributed by atoms with Crippen molar-refractivity contribution in [3.05, 3.63) is 130 Å². The van der Waals surface area contributed by atoms with Gasteiger partial charge in [-0.3, -0.25) is 14.5 Å². The molecular weight excluding hydrogens is 520 g/mol. The number of carbonyl (C=O) groups is 2. The van der Waals surface area contributed by atoms with Gasteiger partial charge in [0.05, 0.1) is 21.8 Å². The van der Waals surface area contributed by atoms with E-state index < -0.39 is 17.7 Å². The average Bonchev–Trinajstić information content (AvgIpc) is 3.50. The Labute approximate surface area is 235 Å². The Morgan fingerprint density at radius 1 is 0.900 bits per heavy atom. The second-order valence-corrected chi connectivity index (χ2v) is 10.9. The Morgan fingerprint density at radius 2 is 1.65 bits per heavy atom. The molecule has 0 aliphatic carbocycles. The number of amides is 1. The van der Waals surface area contributed by atoms with Crippen LogP contribution in [-0.2, 0) is 16.2 Å². The number of carbonyl (C=O) groups excluding carboxylic acids is 2. The van der Waals surface area contributed by atoms with Gasteiger partial charge >= 0.3 is 5.91 Å². The van der Waals surface area contributed by atoms with Gasteiger partial charge in [-0.15, -0.1) is 0 Å². The van der Waals surface area contributed by atoms with Crippen LogP contribution in [0.3, 0.4) is 0 Å². The molecule has 0 bridgehead atoms. The highest BCUT2D eigenvalue weighted by Crippen LogP contribution is 2.45. The summed E-state index contributed by atoms with van der Waals surface area (Å²) in [6.07, 6.45) is 0. The molecule has 4 aromatic carbocycles. The van der Waals surface area contributed by atoms with Crippen molar-refractivity contribution >= 4 is 44.1 Å². The van der Waals surface area contributed by atoms with E-state index in [1.165, 1.54) is 16.2 Å². The lowest BCUT2D eigenvalue weighted by atomic mass is 9.95. The largest absolute Gasteiger partial charge is 0.507 e. The lowest BCUT2D eigenvalue weighted by Crippen LogP contribution is -2.29. The second kappa shape index (κ2) is 10.4. The Hall–Kier alpha value is -4.75. The Balaban J connectivity index is 1.47. The number of hydrogen-bond acceptors (Lipinski definition) is 6. The fourth-order valence-corrected chi connectivity index (χ4v) is 5.94. The van der Waals surface area contributed by atoms with E-state index >= 15 is 0 Å². The van der Waals surface area contributed by atoms with Gasteiger partial charge in [0.2, 0.25) is 0 Å². The first-order valence-electron chi connectivity index (χ1n) is 12.9. The summed E-state index contributed by atoms with van der Waals surface area (Å²) in [6.45, 7) is 4.30. The van der Waals surface area contributed by atoms with Gasteiger partial charge in [0.1, 0.15) is 18.1 Å². The molecule has 1 N–H and O–H groups in total. The van der Waals surface area contributed by atoms with Gasteiger partial charge in [0.25, 0.3) is 5.78 Å². The fourth-order valence-electron chi connectivity index (χ4n) is 4.85. The molecule has 0 radical (unpaired) electrons. The van der Waals surface area contributed by atoms with E-state index in [9.17, 15) is 14.7 Å². The summed E-state index contributed by atoms with van der Waals surface area (Å²) >= 11 is 1.34. The highest BCUT2D eigenvalue weighted by molar-refractivity contribution is 7.22. The first-order valence-corrected chi connectivity index (χ1v) is 13.7. The monoisotopic (exact) mass is 546 g/mol. The van der Waals surface area contributed by atoms with Crippen LogP contribution in [0.4, 0.5) is 5.13 Å². The van der Waals surface area contributed by atoms with E-state index in [2.05, 4.69) is 0 Å². The van der Waals surface area contributed by atoms with Crippen molar-refractivity contribution in [2.24, 2.45) is 0 Å². The molecule has 6 rings (SSSR count). The smallest absolute Gasteiger partial charge is 0.301 e. The van der Waals surface area contributed by atoms with Crippen molar-refractivity contribution in [1.29, 1.82) is 0 Å². The van der Waals surface area contributed by atoms with Gasteiger partial charge in [-0.05, 0) is 54.8 Å². The minimum absolute atomic E-state index is 0.0181. The zero-order chi connectivity index (χ0) is 27.8. The molecular formula is C33H26N2O4S. The number of ketones is 1. The number of anilines is 1. The Bertz CT molecular complexity index is 1770. The molecule has 1 amide bonds. The van der Waals surface area contributed by atoms with Gasteiger partial charge < -0.3 is 9.84 Å². The first kappa shape index (κ1) is 25.5. The summed E-state index contributed by atoms with van der Waals surface area (Å²) < 4.78 is 6.97. The molecule has 1 fully saturated rings. The summed E-state index contributed by atoms with van der Waals surface area (Å²) in [6, 6.07) is 29.3. The van der Waals surface area contributed by atoms with Crippen molar-refractivity contribution in [3.8, 4) is 5.75 Å². The Morgan fingerprint density at radius 3 is 2.42 bits per heavy atom. The average molecular weight is 547 g/mol. The molecule has 0 saturated carbocycles. The SMILES string of the molecule is Cc1ccc(/C(O)=C2\C(=O)C(=O)N(c3nc4ccc(C)cc4s3)C2c2cccc(OCc3ccccc3)c2)cc1. The highest BCUT2D eigenvalue weighted by Gasteiger charge is 2.48. The van der Waals surface area contributed by atoms with Crippen LogP contribution >= 0.6 is 11.3 Å². The topological polar surface area (TPSA) is 79.7 Å². The quantitative estimate of drug-likeness (QED) is 0.139. The summed E-state index contributed by atoms with van der Waals surface area (Å²) in [7, 11) is 0. The molecule has 6 nitrogen and oxygen atoms in total. The maximum absolute atomic E-state index is 13.6. The molecule has 1 aromatic heterocycles. The number of aliphatic hydroxyl groups is 1. The standard InChI is InChI=1S/C33H26N2O4S/c1-20-11-14-23(15-12-20)30(36)28-29(24-9-6-10-25(18-24)39-19-22-7-4-3-5-8-22)35(32(38)31(28)37)33-34-26-16-13-21(2)17-27(26)40-33/h3-18,29,36H,19H2,1-2H3/b30-28+. The number of rotatable bonds is 6. The maximum Gasteiger partial charge on any atom is 0.301 e. The van der Waals surface area contributed by atoms with Crippen LogP contribution in [0, 0.1) is 13.8 Å². The predicted octanol–water partition coefficient (Wildman–Crippen LogP) is 7.12. The number of nitrogens with zero attached hydrogens (tertiary/aromatic N) is 2. The predicted molar refractivity (Wildman–Crippen MR) is 158 cm³/mol. The summed E-state index contributed by atoms with van der Waals surface area (Å²) in [4.78, 5) is 33.3. The van der Waals surface area contributed by atoms with Crippen LogP contribution in [0.5, 0.6) is 5.75 Å². The number of aromatic nitrogens is 1. The van der Waals surface area contributed by atoms with Gasteiger partial charge in [0, 0.05) is 5.56 Å². The normalized spacial score (nSPS) is 16.6. The zero-order valence-electron chi connectivity index (χ0n) is 22.0. The molecule has 1 unspecified atom stereocenters. The molecule has 2 heterocycles. The van der Waals surface area contributed by atoms with Crippen molar-refractivity contribution in [2.45, 2.75) is 26.5 Å². The van der Waals surface area contributed by atoms with Crippen LogP contribution in [0.15, 0.2) is 103 Å². The van der Waals surface area contributed by atoms with Crippen LogP contribution < -0.4 is 9.64 Å². The molecule has 1 atom stereocenters. The number of aryl methyl sites for hydroxylation is 2. The van der Waals surface area contributed by atoms with E-state index in [-0.39, 0.29) is 11.3 Å². The molecule has 1 aliphatic rings. The van der Waals surface area contributed by atoms with E-state index in [0.717, 1.165) is 26.9 Å². The summed E-state index contributed by atoms with van der Waals surface area (Å²) in [5.41, 5.74) is 4.96. The van der Waals surface area contributed by atoms with Crippen LogP contribution in [0.25, 0.3) is 16.0 Å². The molecule has 40 heavy (non-hydrogen) atoms. The maximum atomic E-state index is 13.6. The van der Waals surface area contributed by atoms with Crippen molar-refractivity contribution < 1.29 is 19.4 Å². The second-order valence-electron chi connectivity index (χ2n) is 9.85. The van der Waals surface area contributed by atoms with Gasteiger partial charge in [-0.25, -0.2) is 4.98 Å². The minimum atomic E-state index is -0.886. The van der Waals surface area contributed by atoms with Crippen LogP contribution in [0.2, 0.25) is 0 Å². The van der Waals surface area contributed by atoms with E-state index in [1.807, 2.05) is 98.8 Å². The first-order chi connectivity index (χ1) is 19.4. The van der Waals surface area contributed by atoms with Gasteiger partial charge in [-0.2, -0.15) is 0 Å². The van der Waals surface area contributed by atoms with Gasteiger partial charge in [0.15, 0.2) is 5.13 Å². The number of hydrogen-bond donors (Lipinski definition) is 1. The Kier molecular flexibility index (Phi) is 6.66. The van der Waals surface area contributed by atoms with Crippen molar-refractivity contribution in [3.63, 3.8) is 0 Å². The zero-order valence-corrected chi connectivity index (χ0v) is 22.8. The molecule has 5 aromatic rings. The third-order valence-corrected chi connectivity index (χ3v) is 7.95. The molecule has 1 saturated heterocycles. The molecule has 1 aliphatic heterocycles. The number of thiazole rings is 1. The number of ether oxygens (including phenoxy) is 1. The molecule has 198 valence electrons. The highest BCUT2D eigenvalue weighted by atomic mass is 32.1. The van der Waals surface area contributed by atoms with Gasteiger partial charge in [-0.1, -0.05) is 89.7 Å². The number of aliphatic hydroxyl groups excluding tert-OH is 1. The van der Waals surface area contributed by atoms with E-state index in [4.69, 9.17) is 9.72 Å². The summed E-state index contributed by atoms with van der Waals surface area (Å²) in [5.74, 6) is -1.13. The number of benzene rings is 4. The van der Waals surface area contributed by atoms with Crippen LogP contribution in [-0.4, -0.2) is 21.8 Å². The number of fused-ring (bicyclic) bond motifs is 1. The third-order valence-electron chi connectivity index (χ3n) is 6.93. The van der Waals surface area contributed by atoms with Crippen molar-refractivity contribution in [2.75, 3.05) is 4.90 Å². The molecule has 0 spiro atoms. The van der Waals surface area contributed by atoms with Crippen LogP contribution in [0.1, 0.15) is 33.9 Å². The molecule has 7 heteroatoms. The fraction of sp³-hybridized carbons (Fsp3) is 0.121. The third kappa shape index (κ3) is 4.76. The lowest BCUT2D eigenvalue weighted by Gasteiger charge is -2.23. The van der Waals surface area contributed by atoms with Crippen molar-refractivity contribution in [1.82, 2.24) is 4.98 Å². The summed E-state index contributed by atoms with van der Waals surface area (Å²) in [5, 5.41) is 11.8. The van der Waals surface area contributed by atoms with E-state index in [0.29, 0.717) is 28.6 Å². The lowest BCUT2D eigenvalue weighted by molar-refractivity contribution is -0.132. The van der Waals surface area contributed by atoms with E-state index in [1.54, 1.807) is 12.1 Å².